The lowest BCUT2D eigenvalue weighted by Crippen LogP contribution is -2.28. The number of imide groups is 1. The zero-order chi connectivity index (χ0) is 17.6. The summed E-state index contributed by atoms with van der Waals surface area (Å²) in [5, 5.41) is 9.97. The van der Waals surface area contributed by atoms with E-state index in [9.17, 15) is 14.4 Å². The van der Waals surface area contributed by atoms with Gasteiger partial charge in [0.05, 0.1) is 0 Å². The number of nitrogens with one attached hydrogen (secondary N) is 1. The third-order valence-electron chi connectivity index (χ3n) is 3.50. The van der Waals surface area contributed by atoms with Crippen LogP contribution in [0, 0.1) is 0 Å². The highest BCUT2D eigenvalue weighted by Gasteiger charge is 2.30. The summed E-state index contributed by atoms with van der Waals surface area (Å²) in [7, 11) is 0. The van der Waals surface area contributed by atoms with Crippen molar-refractivity contribution >= 4 is 35.5 Å². The number of carbonyl (C=O) groups is 3. The van der Waals surface area contributed by atoms with E-state index in [0.717, 1.165) is 9.80 Å². The van der Waals surface area contributed by atoms with Crippen LogP contribution in [0.1, 0.15) is 25.2 Å². The second-order valence-corrected chi connectivity index (χ2v) is 6.50. The van der Waals surface area contributed by atoms with Crippen LogP contribution < -0.4 is 5.32 Å². The average molecular weight is 360 g/mol. The van der Waals surface area contributed by atoms with Gasteiger partial charge in [0.15, 0.2) is 0 Å². The number of nitrogens with zero attached hydrogens (tertiary/aromatic N) is 3. The molecule has 3 rings (SSSR count). The molecule has 1 fully saturated rings. The van der Waals surface area contributed by atoms with Crippen LogP contribution in [0.5, 0.6) is 0 Å². The molecule has 1 aliphatic rings. The van der Waals surface area contributed by atoms with Gasteiger partial charge in [-0.15, -0.1) is 16.9 Å². The fraction of sp³-hybridized carbons (Fsp3) is 0.312. The molecule has 0 spiro atoms. The van der Waals surface area contributed by atoms with Crippen molar-refractivity contribution in [3.05, 3.63) is 36.2 Å². The highest BCUT2D eigenvalue weighted by Crippen LogP contribution is 2.19. The van der Waals surface area contributed by atoms with Gasteiger partial charge < -0.3 is 4.42 Å². The molecule has 130 valence electrons. The van der Waals surface area contributed by atoms with Crippen LogP contribution in [-0.2, 0) is 20.9 Å². The maximum atomic E-state index is 11.9. The van der Waals surface area contributed by atoms with Gasteiger partial charge in [0.25, 0.3) is 0 Å². The molecule has 0 radical (unpaired) electrons. The van der Waals surface area contributed by atoms with Crippen LogP contribution in [-0.4, -0.2) is 38.6 Å². The minimum atomic E-state index is -0.258. The number of anilines is 1. The van der Waals surface area contributed by atoms with Gasteiger partial charge >= 0.3 is 6.01 Å². The molecule has 0 unspecified atom stereocenters. The summed E-state index contributed by atoms with van der Waals surface area (Å²) < 4.78 is 5.27. The second-order valence-electron chi connectivity index (χ2n) is 5.33. The van der Waals surface area contributed by atoms with Crippen LogP contribution in [0.15, 0.2) is 39.6 Å². The first-order valence-corrected chi connectivity index (χ1v) is 8.73. The van der Waals surface area contributed by atoms with Gasteiger partial charge in [-0.2, -0.15) is 0 Å². The fourth-order valence-corrected chi connectivity index (χ4v) is 3.14. The summed E-state index contributed by atoms with van der Waals surface area (Å²) in [5.74, 6) is -0.0314. The van der Waals surface area contributed by atoms with Gasteiger partial charge in [-0.25, -0.2) is 0 Å². The first kappa shape index (κ1) is 17.2. The lowest BCUT2D eigenvalue weighted by molar-refractivity contribution is -0.139. The van der Waals surface area contributed by atoms with Crippen LogP contribution >= 0.6 is 11.8 Å². The van der Waals surface area contributed by atoms with E-state index < -0.39 is 0 Å². The molecule has 3 amide bonds. The number of rotatable bonds is 7. The van der Waals surface area contributed by atoms with E-state index >= 15 is 0 Å². The molecule has 1 N–H and O–H groups in total. The third kappa shape index (κ3) is 4.66. The van der Waals surface area contributed by atoms with Crippen LogP contribution in [0.4, 0.5) is 6.01 Å². The predicted octanol–water partition coefficient (Wildman–Crippen LogP) is 1.84. The van der Waals surface area contributed by atoms with Gasteiger partial charge in [-0.05, 0) is 12.1 Å². The van der Waals surface area contributed by atoms with Crippen molar-refractivity contribution in [2.24, 2.45) is 0 Å². The molecule has 1 aliphatic heterocycles. The van der Waals surface area contributed by atoms with Crippen LogP contribution in [0.25, 0.3) is 0 Å². The van der Waals surface area contributed by atoms with Crippen LogP contribution in [0.2, 0.25) is 0 Å². The summed E-state index contributed by atoms with van der Waals surface area (Å²) in [4.78, 5) is 37.2. The molecule has 1 aromatic heterocycles. The van der Waals surface area contributed by atoms with Crippen LogP contribution in [0.3, 0.4) is 0 Å². The van der Waals surface area contributed by atoms with Gasteiger partial charge in [-0.3, -0.25) is 24.6 Å². The van der Waals surface area contributed by atoms with Crippen molar-refractivity contribution in [2.45, 2.75) is 30.7 Å². The van der Waals surface area contributed by atoms with Crippen molar-refractivity contribution in [3.8, 4) is 0 Å². The molecule has 25 heavy (non-hydrogen) atoms. The fourth-order valence-electron chi connectivity index (χ4n) is 2.26. The smallest absolute Gasteiger partial charge is 0.322 e. The maximum Gasteiger partial charge on any atom is 0.322 e. The van der Waals surface area contributed by atoms with E-state index in [1.165, 1.54) is 0 Å². The maximum absolute atomic E-state index is 11.9. The minimum absolute atomic E-state index is 0.0381. The van der Waals surface area contributed by atoms with E-state index in [-0.39, 0.29) is 49.0 Å². The molecule has 9 heteroatoms. The van der Waals surface area contributed by atoms with E-state index in [1.807, 2.05) is 30.3 Å². The normalized spacial score (nSPS) is 14.2. The Bertz CT molecular complexity index is 761. The van der Waals surface area contributed by atoms with E-state index in [1.54, 1.807) is 11.8 Å². The minimum Gasteiger partial charge on any atom is -0.406 e. The number of likely N-dealkylation sites (tertiary alicyclic amines) is 1. The lowest BCUT2D eigenvalue weighted by Gasteiger charge is -2.09. The van der Waals surface area contributed by atoms with Gasteiger partial charge in [0, 0.05) is 29.9 Å². The quantitative estimate of drug-likeness (QED) is 0.593. The molecule has 8 nitrogen and oxygen atoms in total. The number of aromatic nitrogens is 2. The molecule has 0 bridgehead atoms. The summed E-state index contributed by atoms with van der Waals surface area (Å²) >= 11 is 1.58. The predicted molar refractivity (Wildman–Crippen MR) is 89.5 cm³/mol. The third-order valence-corrected chi connectivity index (χ3v) is 4.52. The Hall–Kier alpha value is -2.68. The summed E-state index contributed by atoms with van der Waals surface area (Å²) in [6.07, 6.45) is 0.700. The molecule has 0 aliphatic carbocycles. The molecule has 0 atom stereocenters. The van der Waals surface area contributed by atoms with E-state index in [0.29, 0.717) is 12.2 Å². The van der Waals surface area contributed by atoms with Crippen molar-refractivity contribution in [2.75, 3.05) is 11.1 Å². The first-order chi connectivity index (χ1) is 12.1. The lowest BCUT2D eigenvalue weighted by atomic mass is 10.4. The molecule has 1 saturated heterocycles. The Kier molecular flexibility index (Phi) is 5.44. The number of benzene rings is 1. The zero-order valence-electron chi connectivity index (χ0n) is 13.3. The molecular weight excluding hydrogens is 344 g/mol. The van der Waals surface area contributed by atoms with E-state index in [2.05, 4.69) is 15.5 Å². The molecule has 0 saturated carbocycles. The molecule has 1 aromatic carbocycles. The number of hydrogen-bond acceptors (Lipinski definition) is 7. The van der Waals surface area contributed by atoms with E-state index in [4.69, 9.17) is 4.42 Å². The largest absolute Gasteiger partial charge is 0.406 e. The Morgan fingerprint density at radius 1 is 1.16 bits per heavy atom. The number of hydrogen-bond donors (Lipinski definition) is 1. The monoisotopic (exact) mass is 360 g/mol. The zero-order valence-corrected chi connectivity index (χ0v) is 14.1. The number of carbonyl (C=O) groups excluding carboxylic acids is 3. The average Bonchev–Trinajstić information content (AvgIpc) is 3.17. The SMILES string of the molecule is O=C(CCSc1ccccc1)Nc1nnc(CN2C(=O)CCC2=O)o1. The molecular formula is C16H16N4O4S. The second kappa shape index (κ2) is 7.93. The summed E-state index contributed by atoms with van der Waals surface area (Å²) in [6, 6.07) is 9.74. The van der Waals surface area contributed by atoms with Gasteiger partial charge in [0.2, 0.25) is 23.6 Å². The summed E-state index contributed by atoms with van der Waals surface area (Å²) in [6.45, 7) is -0.0651. The first-order valence-electron chi connectivity index (χ1n) is 7.75. The Morgan fingerprint density at radius 2 is 1.88 bits per heavy atom. The Balaban J connectivity index is 1.45. The van der Waals surface area contributed by atoms with Crippen molar-refractivity contribution in [1.29, 1.82) is 0 Å². The highest BCUT2D eigenvalue weighted by molar-refractivity contribution is 7.99. The molecule has 2 heterocycles. The number of thioether (sulfide) groups is 1. The van der Waals surface area contributed by atoms with Gasteiger partial charge in [-0.1, -0.05) is 23.3 Å². The summed E-state index contributed by atoms with van der Waals surface area (Å²) in [5.41, 5.74) is 0. The standard InChI is InChI=1S/C16H16N4O4S/c21-12(8-9-25-11-4-2-1-3-5-11)17-16-19-18-13(24-16)10-20-14(22)6-7-15(20)23/h1-5H,6-10H2,(H,17,19,21). The van der Waals surface area contributed by atoms with Crippen molar-refractivity contribution < 1.29 is 18.8 Å². The van der Waals surface area contributed by atoms with Crippen molar-refractivity contribution in [3.63, 3.8) is 0 Å². The van der Waals surface area contributed by atoms with Gasteiger partial charge in [0.1, 0.15) is 6.54 Å². The molecule has 2 aromatic rings. The topological polar surface area (TPSA) is 105 Å². The Labute approximate surface area is 148 Å². The van der Waals surface area contributed by atoms with Crippen molar-refractivity contribution in [1.82, 2.24) is 15.1 Å². The number of amides is 3. The highest BCUT2D eigenvalue weighted by atomic mass is 32.2. The Morgan fingerprint density at radius 3 is 2.60 bits per heavy atom.